The number of hydrogen-bond acceptors (Lipinski definition) is 8. The zero-order chi connectivity index (χ0) is 21.3. The van der Waals surface area contributed by atoms with Crippen LogP contribution in [-0.2, 0) is 19.0 Å². The molecule has 3 rings (SSSR count). The molecule has 0 aromatic heterocycles. The van der Waals surface area contributed by atoms with Crippen molar-refractivity contribution in [1.29, 1.82) is 0 Å². The smallest absolute Gasteiger partial charge is 0.308 e. The van der Waals surface area contributed by atoms with Crippen LogP contribution in [0.25, 0.3) is 10.8 Å². The maximum atomic E-state index is 11.9. The van der Waals surface area contributed by atoms with Crippen molar-refractivity contribution < 1.29 is 38.3 Å². The summed E-state index contributed by atoms with van der Waals surface area (Å²) in [5, 5.41) is 12.2. The first kappa shape index (κ1) is 21.0. The minimum absolute atomic E-state index is 0.0112. The largest absolute Gasteiger partial charge is 0.507 e. The van der Waals surface area contributed by atoms with Crippen LogP contribution in [-0.4, -0.2) is 51.4 Å². The quantitative estimate of drug-likeness (QED) is 0.731. The van der Waals surface area contributed by atoms with Crippen LogP contribution in [0.5, 0.6) is 23.0 Å². The van der Waals surface area contributed by atoms with Crippen LogP contribution in [0.4, 0.5) is 0 Å². The molecule has 1 aliphatic heterocycles. The molecule has 2 atom stereocenters. The molecule has 2 aromatic rings. The molecule has 0 aliphatic carbocycles. The number of benzene rings is 2. The first-order valence-corrected chi connectivity index (χ1v) is 9.13. The van der Waals surface area contributed by atoms with E-state index in [1.807, 2.05) is 0 Å². The predicted octanol–water partition coefficient (Wildman–Crippen LogP) is 3.33. The predicted molar refractivity (Wildman–Crippen MR) is 105 cm³/mol. The number of carbonyl (C=O) groups excluding carboxylic acids is 1. The van der Waals surface area contributed by atoms with Crippen molar-refractivity contribution >= 4 is 16.7 Å². The molecule has 0 amide bonds. The first-order chi connectivity index (χ1) is 13.8. The number of aromatic hydroxyl groups is 1. The Morgan fingerprint density at radius 3 is 2.34 bits per heavy atom. The van der Waals surface area contributed by atoms with Crippen LogP contribution in [0.15, 0.2) is 18.2 Å². The molecule has 2 aromatic carbocycles. The summed E-state index contributed by atoms with van der Waals surface area (Å²) in [6.45, 7) is 3.50. The molecule has 1 heterocycles. The fraction of sp³-hybridized carbons (Fsp3) is 0.476. The number of methoxy groups -OCH3 is 4. The van der Waals surface area contributed by atoms with E-state index in [9.17, 15) is 9.90 Å². The maximum Gasteiger partial charge on any atom is 0.308 e. The summed E-state index contributed by atoms with van der Waals surface area (Å²) in [6, 6.07) is 5.08. The summed E-state index contributed by atoms with van der Waals surface area (Å²) in [5.74, 6) is 0.0427. The van der Waals surface area contributed by atoms with E-state index in [2.05, 4.69) is 0 Å². The highest BCUT2D eigenvalue weighted by Gasteiger charge is 2.44. The number of hydrogen-bond donors (Lipinski definition) is 1. The number of phenolic OH excluding ortho intramolecular Hbond substituents is 1. The van der Waals surface area contributed by atoms with Gasteiger partial charge in [0.05, 0.1) is 40.2 Å². The standard InChI is InChI=1S/C21H26O8/c1-21(2)28-15(10-16(22)26-5)19(29-21)12-9-14(25-4)17-11(18(12)23)7-8-13(24-3)20(17)27-6/h7-9,15,19,23H,10H2,1-6H3/t15-,19-/m1/s1. The summed E-state index contributed by atoms with van der Waals surface area (Å²) >= 11 is 0. The second-order valence-corrected chi connectivity index (χ2v) is 7.12. The van der Waals surface area contributed by atoms with Gasteiger partial charge in [0.1, 0.15) is 23.7 Å². The lowest BCUT2D eigenvalue weighted by Crippen LogP contribution is -2.23. The lowest BCUT2D eigenvalue weighted by atomic mass is 9.96. The van der Waals surface area contributed by atoms with Gasteiger partial charge in [0.2, 0.25) is 0 Å². The van der Waals surface area contributed by atoms with Crippen LogP contribution >= 0.6 is 0 Å². The van der Waals surface area contributed by atoms with E-state index < -0.39 is 24.0 Å². The third-order valence-electron chi connectivity index (χ3n) is 4.91. The number of rotatable bonds is 6. The van der Waals surface area contributed by atoms with E-state index >= 15 is 0 Å². The van der Waals surface area contributed by atoms with Gasteiger partial charge in [0, 0.05) is 10.9 Å². The van der Waals surface area contributed by atoms with Crippen LogP contribution in [0.1, 0.15) is 31.9 Å². The van der Waals surface area contributed by atoms with E-state index in [0.29, 0.717) is 33.6 Å². The normalized spacial score (nSPS) is 20.5. The second-order valence-electron chi connectivity index (χ2n) is 7.12. The molecule has 8 heteroatoms. The number of fused-ring (bicyclic) bond motifs is 1. The Balaban J connectivity index is 2.19. The van der Waals surface area contributed by atoms with Gasteiger partial charge in [-0.3, -0.25) is 4.79 Å². The molecular weight excluding hydrogens is 380 g/mol. The van der Waals surface area contributed by atoms with Crippen LogP contribution in [0, 0.1) is 0 Å². The Kier molecular flexibility index (Phi) is 5.77. The number of phenols is 1. The first-order valence-electron chi connectivity index (χ1n) is 9.13. The van der Waals surface area contributed by atoms with Crippen LogP contribution in [0.2, 0.25) is 0 Å². The molecule has 29 heavy (non-hydrogen) atoms. The average Bonchev–Trinajstić information content (AvgIpc) is 3.00. The molecule has 1 aliphatic rings. The van der Waals surface area contributed by atoms with E-state index in [1.54, 1.807) is 32.0 Å². The second kappa shape index (κ2) is 7.96. The fourth-order valence-corrected chi connectivity index (χ4v) is 3.68. The van der Waals surface area contributed by atoms with E-state index in [-0.39, 0.29) is 12.2 Å². The highest BCUT2D eigenvalue weighted by Crippen LogP contribution is 2.50. The number of carbonyl (C=O) groups is 1. The van der Waals surface area contributed by atoms with E-state index in [1.165, 1.54) is 28.4 Å². The van der Waals surface area contributed by atoms with Crippen LogP contribution < -0.4 is 14.2 Å². The zero-order valence-electron chi connectivity index (χ0n) is 17.4. The molecule has 0 unspecified atom stereocenters. The molecule has 8 nitrogen and oxygen atoms in total. The Morgan fingerprint density at radius 2 is 1.76 bits per heavy atom. The Morgan fingerprint density at radius 1 is 1.07 bits per heavy atom. The van der Waals surface area contributed by atoms with Gasteiger partial charge >= 0.3 is 5.97 Å². The SMILES string of the molecule is COC(=O)C[C@H]1OC(C)(C)O[C@@H]1c1cc(OC)c2c(OC)c(OC)ccc2c1O. The van der Waals surface area contributed by atoms with Crippen molar-refractivity contribution in [1.82, 2.24) is 0 Å². The lowest BCUT2D eigenvalue weighted by Gasteiger charge is -2.21. The zero-order valence-corrected chi connectivity index (χ0v) is 17.4. The summed E-state index contributed by atoms with van der Waals surface area (Å²) in [6.07, 6.45) is -1.35. The van der Waals surface area contributed by atoms with Gasteiger partial charge in [-0.25, -0.2) is 0 Å². The molecule has 158 valence electrons. The van der Waals surface area contributed by atoms with Crippen molar-refractivity contribution in [3.8, 4) is 23.0 Å². The van der Waals surface area contributed by atoms with Crippen molar-refractivity contribution in [3.05, 3.63) is 23.8 Å². The number of esters is 1. The maximum absolute atomic E-state index is 11.9. The van der Waals surface area contributed by atoms with Gasteiger partial charge in [-0.05, 0) is 32.0 Å². The minimum atomic E-state index is -0.935. The van der Waals surface area contributed by atoms with Crippen molar-refractivity contribution in [2.45, 2.75) is 38.3 Å². The van der Waals surface area contributed by atoms with Crippen molar-refractivity contribution in [2.24, 2.45) is 0 Å². The fourth-order valence-electron chi connectivity index (χ4n) is 3.68. The Hall–Kier alpha value is -2.71. The lowest BCUT2D eigenvalue weighted by molar-refractivity contribution is -0.154. The molecule has 0 radical (unpaired) electrons. The topological polar surface area (TPSA) is 92.7 Å². The third kappa shape index (κ3) is 3.77. The van der Waals surface area contributed by atoms with Gasteiger partial charge in [-0.15, -0.1) is 0 Å². The highest BCUT2D eigenvalue weighted by molar-refractivity contribution is 6.00. The Bertz CT molecular complexity index is 921. The summed E-state index contributed by atoms with van der Waals surface area (Å²) < 4.78 is 33.1. The van der Waals surface area contributed by atoms with Gasteiger partial charge in [-0.1, -0.05) is 0 Å². The van der Waals surface area contributed by atoms with Gasteiger partial charge in [0.15, 0.2) is 17.3 Å². The molecule has 1 N–H and O–H groups in total. The van der Waals surface area contributed by atoms with E-state index in [0.717, 1.165) is 0 Å². The molecule has 0 bridgehead atoms. The van der Waals surface area contributed by atoms with Gasteiger partial charge in [-0.2, -0.15) is 0 Å². The van der Waals surface area contributed by atoms with E-state index in [4.69, 9.17) is 28.4 Å². The highest BCUT2D eigenvalue weighted by atomic mass is 16.8. The molecule has 1 fully saturated rings. The summed E-state index contributed by atoms with van der Waals surface area (Å²) in [7, 11) is 5.89. The molecule has 0 saturated carbocycles. The number of ether oxygens (including phenoxy) is 6. The van der Waals surface area contributed by atoms with Gasteiger partial charge in [0.25, 0.3) is 0 Å². The monoisotopic (exact) mass is 406 g/mol. The molecular formula is C21H26O8. The third-order valence-corrected chi connectivity index (χ3v) is 4.91. The minimum Gasteiger partial charge on any atom is -0.507 e. The summed E-state index contributed by atoms with van der Waals surface area (Å²) in [5.41, 5.74) is 0.445. The van der Waals surface area contributed by atoms with Crippen molar-refractivity contribution in [3.63, 3.8) is 0 Å². The van der Waals surface area contributed by atoms with Crippen molar-refractivity contribution in [2.75, 3.05) is 28.4 Å². The summed E-state index contributed by atoms with van der Waals surface area (Å²) in [4.78, 5) is 11.9. The Labute approximate surface area is 169 Å². The van der Waals surface area contributed by atoms with Gasteiger partial charge < -0.3 is 33.5 Å². The average molecular weight is 406 g/mol. The molecule has 1 saturated heterocycles. The van der Waals surface area contributed by atoms with Crippen LogP contribution in [0.3, 0.4) is 0 Å². The molecule has 0 spiro atoms.